The van der Waals surface area contributed by atoms with Crippen LogP contribution in [0, 0.1) is 11.3 Å². The van der Waals surface area contributed by atoms with E-state index in [4.69, 9.17) is 9.47 Å². The van der Waals surface area contributed by atoms with Crippen molar-refractivity contribution < 1.29 is 9.47 Å². The van der Waals surface area contributed by atoms with Crippen LogP contribution in [0.5, 0.6) is 5.75 Å². The SMILES string of the molecule is COCc1nn2c(C#N)c(-c3cccc(OC)c3)nc2s1. The van der Waals surface area contributed by atoms with Crippen LogP contribution in [0.15, 0.2) is 24.3 Å². The molecule has 21 heavy (non-hydrogen) atoms. The first-order valence-corrected chi connectivity index (χ1v) is 7.00. The van der Waals surface area contributed by atoms with Crippen LogP contribution in [0.4, 0.5) is 0 Å². The summed E-state index contributed by atoms with van der Waals surface area (Å²) in [6, 6.07) is 9.64. The summed E-state index contributed by atoms with van der Waals surface area (Å²) >= 11 is 1.41. The standard InChI is InChI=1S/C14H12N4O2S/c1-19-8-12-17-18-11(7-15)13(16-14(18)21-12)9-4-3-5-10(6-9)20-2/h3-6H,8H2,1-2H3. The second kappa shape index (κ2) is 5.52. The van der Waals surface area contributed by atoms with Gasteiger partial charge in [-0.3, -0.25) is 0 Å². The number of nitriles is 1. The summed E-state index contributed by atoms with van der Waals surface area (Å²) in [6.45, 7) is 0.410. The number of hydrogen-bond acceptors (Lipinski definition) is 6. The van der Waals surface area contributed by atoms with Gasteiger partial charge in [0, 0.05) is 12.7 Å². The van der Waals surface area contributed by atoms with Gasteiger partial charge in [0.05, 0.1) is 13.7 Å². The number of hydrogen-bond donors (Lipinski definition) is 0. The molecule has 7 heteroatoms. The average Bonchev–Trinajstić information content (AvgIpc) is 3.04. The van der Waals surface area contributed by atoms with E-state index in [-0.39, 0.29) is 0 Å². The first-order chi connectivity index (χ1) is 10.3. The Hall–Kier alpha value is -2.43. The molecular formula is C14H12N4O2S. The van der Waals surface area contributed by atoms with E-state index in [9.17, 15) is 5.26 Å². The third-order valence-electron chi connectivity index (χ3n) is 2.96. The number of methoxy groups -OCH3 is 2. The summed E-state index contributed by atoms with van der Waals surface area (Å²) < 4.78 is 11.8. The topological polar surface area (TPSA) is 72.4 Å². The molecule has 0 unspecified atom stereocenters. The van der Waals surface area contributed by atoms with Crippen LogP contribution in [-0.4, -0.2) is 28.8 Å². The second-order valence-electron chi connectivity index (χ2n) is 4.28. The zero-order chi connectivity index (χ0) is 14.8. The fraction of sp³-hybridized carbons (Fsp3) is 0.214. The average molecular weight is 300 g/mol. The molecule has 106 valence electrons. The molecule has 6 nitrogen and oxygen atoms in total. The van der Waals surface area contributed by atoms with Gasteiger partial charge in [-0.15, -0.1) is 0 Å². The van der Waals surface area contributed by atoms with Gasteiger partial charge in [-0.05, 0) is 12.1 Å². The zero-order valence-corrected chi connectivity index (χ0v) is 12.3. The van der Waals surface area contributed by atoms with Crippen molar-refractivity contribution in [2.45, 2.75) is 6.61 Å². The molecule has 0 N–H and O–H groups in total. The van der Waals surface area contributed by atoms with Crippen molar-refractivity contribution in [3.63, 3.8) is 0 Å². The van der Waals surface area contributed by atoms with Crippen molar-refractivity contribution in [2.75, 3.05) is 14.2 Å². The maximum Gasteiger partial charge on any atom is 0.214 e. The van der Waals surface area contributed by atoms with Gasteiger partial charge in [-0.1, -0.05) is 23.5 Å². The number of benzene rings is 1. The number of rotatable bonds is 4. The summed E-state index contributed by atoms with van der Waals surface area (Å²) in [5.41, 5.74) is 1.85. The van der Waals surface area contributed by atoms with Crippen molar-refractivity contribution in [2.24, 2.45) is 0 Å². The van der Waals surface area contributed by atoms with Crippen molar-refractivity contribution >= 4 is 16.3 Å². The summed E-state index contributed by atoms with van der Waals surface area (Å²) in [6.07, 6.45) is 0. The maximum atomic E-state index is 9.42. The van der Waals surface area contributed by atoms with E-state index in [2.05, 4.69) is 16.2 Å². The largest absolute Gasteiger partial charge is 0.497 e. The molecule has 0 fully saturated rings. The van der Waals surface area contributed by atoms with Gasteiger partial charge >= 0.3 is 0 Å². The highest BCUT2D eigenvalue weighted by Gasteiger charge is 2.18. The molecule has 0 aliphatic carbocycles. The molecule has 2 heterocycles. The Morgan fingerprint density at radius 2 is 2.24 bits per heavy atom. The Morgan fingerprint density at radius 3 is 2.95 bits per heavy atom. The molecule has 0 radical (unpaired) electrons. The summed E-state index contributed by atoms with van der Waals surface area (Å²) in [4.78, 5) is 5.19. The van der Waals surface area contributed by atoms with E-state index in [0.717, 1.165) is 16.3 Å². The Bertz CT molecular complexity index is 831. The summed E-state index contributed by atoms with van der Waals surface area (Å²) in [5.74, 6) is 0.723. The lowest BCUT2D eigenvalue weighted by atomic mass is 10.1. The predicted octanol–water partition coefficient (Wildman–Crippen LogP) is 2.48. The van der Waals surface area contributed by atoms with E-state index in [1.54, 1.807) is 18.7 Å². The smallest absolute Gasteiger partial charge is 0.214 e. The minimum absolute atomic E-state index is 0.410. The molecule has 1 aromatic carbocycles. The van der Waals surface area contributed by atoms with Crippen LogP contribution in [0.2, 0.25) is 0 Å². The molecule has 3 aromatic rings. The van der Waals surface area contributed by atoms with Crippen LogP contribution in [0.3, 0.4) is 0 Å². The summed E-state index contributed by atoms with van der Waals surface area (Å²) in [5, 5.41) is 14.6. The number of imidazole rings is 1. The van der Waals surface area contributed by atoms with Crippen LogP contribution >= 0.6 is 11.3 Å². The van der Waals surface area contributed by atoms with Gasteiger partial charge in [-0.25, -0.2) is 4.98 Å². The van der Waals surface area contributed by atoms with Crippen molar-refractivity contribution in [3.8, 4) is 23.1 Å². The van der Waals surface area contributed by atoms with Crippen LogP contribution in [-0.2, 0) is 11.3 Å². The molecule has 0 saturated carbocycles. The van der Waals surface area contributed by atoms with Gasteiger partial charge in [0.2, 0.25) is 4.96 Å². The van der Waals surface area contributed by atoms with E-state index < -0.39 is 0 Å². The highest BCUT2D eigenvalue weighted by Crippen LogP contribution is 2.28. The van der Waals surface area contributed by atoms with Crippen molar-refractivity contribution in [3.05, 3.63) is 35.0 Å². The van der Waals surface area contributed by atoms with Crippen LogP contribution in [0.1, 0.15) is 10.7 Å². The quantitative estimate of drug-likeness (QED) is 0.740. The van der Waals surface area contributed by atoms with Gasteiger partial charge < -0.3 is 9.47 Å². The molecule has 0 amide bonds. The third-order valence-corrected chi connectivity index (χ3v) is 3.84. The monoisotopic (exact) mass is 300 g/mol. The van der Waals surface area contributed by atoms with Crippen molar-refractivity contribution in [1.29, 1.82) is 5.26 Å². The van der Waals surface area contributed by atoms with E-state index in [1.165, 1.54) is 11.3 Å². The fourth-order valence-corrected chi connectivity index (χ4v) is 2.91. The normalized spacial score (nSPS) is 10.7. The lowest BCUT2D eigenvalue weighted by Gasteiger charge is -2.02. The number of fused-ring (bicyclic) bond motifs is 1. The highest BCUT2D eigenvalue weighted by atomic mass is 32.1. The lowest BCUT2D eigenvalue weighted by Crippen LogP contribution is -1.93. The van der Waals surface area contributed by atoms with Gasteiger partial charge in [-0.2, -0.15) is 14.9 Å². The lowest BCUT2D eigenvalue weighted by molar-refractivity contribution is 0.183. The molecule has 0 aliphatic rings. The third kappa shape index (κ3) is 2.35. The van der Waals surface area contributed by atoms with Gasteiger partial charge in [0.15, 0.2) is 5.69 Å². The second-order valence-corrected chi connectivity index (χ2v) is 5.32. The van der Waals surface area contributed by atoms with Gasteiger partial charge in [0.25, 0.3) is 0 Å². The fourth-order valence-electron chi connectivity index (χ4n) is 2.04. The number of aromatic nitrogens is 3. The van der Waals surface area contributed by atoms with Gasteiger partial charge in [0.1, 0.15) is 22.5 Å². The van der Waals surface area contributed by atoms with E-state index in [0.29, 0.717) is 23.0 Å². The van der Waals surface area contributed by atoms with Crippen LogP contribution < -0.4 is 4.74 Å². The Morgan fingerprint density at radius 1 is 1.38 bits per heavy atom. The summed E-state index contributed by atoms with van der Waals surface area (Å²) in [7, 11) is 3.21. The van der Waals surface area contributed by atoms with Crippen molar-refractivity contribution in [1.82, 2.24) is 14.6 Å². The maximum absolute atomic E-state index is 9.42. The molecule has 3 rings (SSSR count). The Labute approximate surface area is 125 Å². The number of ether oxygens (including phenoxy) is 2. The first kappa shape index (κ1) is 13.5. The molecule has 0 saturated heterocycles. The number of nitrogens with zero attached hydrogens (tertiary/aromatic N) is 4. The molecular weight excluding hydrogens is 288 g/mol. The predicted molar refractivity (Wildman–Crippen MR) is 78.3 cm³/mol. The zero-order valence-electron chi connectivity index (χ0n) is 11.5. The van der Waals surface area contributed by atoms with E-state index in [1.807, 2.05) is 24.3 Å². The molecule has 0 aliphatic heterocycles. The highest BCUT2D eigenvalue weighted by molar-refractivity contribution is 7.16. The minimum Gasteiger partial charge on any atom is -0.497 e. The molecule has 2 aromatic heterocycles. The van der Waals surface area contributed by atoms with E-state index >= 15 is 0 Å². The first-order valence-electron chi connectivity index (χ1n) is 6.18. The Balaban J connectivity index is 2.14. The Kier molecular flexibility index (Phi) is 3.56. The molecule has 0 atom stereocenters. The molecule has 0 spiro atoms. The molecule has 0 bridgehead atoms. The minimum atomic E-state index is 0.410. The van der Waals surface area contributed by atoms with Crippen LogP contribution in [0.25, 0.3) is 16.2 Å².